The number of hydrogen-bond donors (Lipinski definition) is 0. The smallest absolute Gasteiger partial charge is 0.429 e. The van der Waals surface area contributed by atoms with E-state index in [0.717, 1.165) is 55.9 Å². The minimum Gasteiger partial charge on any atom is -0.429 e. The van der Waals surface area contributed by atoms with Crippen LogP contribution in [0.25, 0.3) is 22.3 Å². The number of hydrogen-bond acceptors (Lipinski definition) is 1. The van der Waals surface area contributed by atoms with Gasteiger partial charge in [0.05, 0.1) is 5.02 Å². The molecule has 1 nitrogen and oxygen atoms in total. The molecule has 0 unspecified atom stereocenters. The Labute approximate surface area is 255 Å². The van der Waals surface area contributed by atoms with Gasteiger partial charge in [-0.25, -0.2) is 22.0 Å². The summed E-state index contributed by atoms with van der Waals surface area (Å²) < 4.78 is 108. The summed E-state index contributed by atoms with van der Waals surface area (Å²) in [7, 11) is 0. The van der Waals surface area contributed by atoms with E-state index in [1.165, 1.54) is 24.3 Å². The molecule has 0 amide bonds. The normalized spacial score (nSPS) is 17.3. The highest BCUT2D eigenvalue weighted by molar-refractivity contribution is 6.30. The third-order valence-electron chi connectivity index (χ3n) is 7.94. The zero-order valence-corrected chi connectivity index (χ0v) is 24.4. The molecule has 0 bridgehead atoms. The first-order valence-electron chi connectivity index (χ1n) is 14.2. The Morgan fingerprint density at radius 2 is 1.34 bits per heavy atom. The molecule has 9 heteroatoms. The monoisotopic (exact) mass is 632 g/mol. The van der Waals surface area contributed by atoms with Crippen molar-refractivity contribution in [3.05, 3.63) is 124 Å². The van der Waals surface area contributed by atoms with E-state index >= 15 is 22.0 Å². The number of benzene rings is 4. The molecule has 1 saturated carbocycles. The Balaban J connectivity index is 1.34. The number of ether oxygens (including phenoxy) is 1. The summed E-state index contributed by atoms with van der Waals surface area (Å²) in [5.41, 5.74) is -1.39. The van der Waals surface area contributed by atoms with Crippen LogP contribution in [0.15, 0.2) is 78.9 Å². The topological polar surface area (TPSA) is 9.23 Å². The Hall–Kier alpha value is -3.78. The van der Waals surface area contributed by atoms with Gasteiger partial charge in [-0.1, -0.05) is 48.9 Å². The molecule has 0 saturated heterocycles. The van der Waals surface area contributed by atoms with Gasteiger partial charge >= 0.3 is 6.11 Å². The first kappa shape index (κ1) is 31.6. The van der Waals surface area contributed by atoms with Crippen molar-refractivity contribution in [2.75, 3.05) is 0 Å². The molecule has 0 aliphatic heterocycles. The maximum atomic E-state index is 15.2. The van der Waals surface area contributed by atoms with Crippen molar-refractivity contribution in [2.24, 2.45) is 5.92 Å². The second-order valence-corrected chi connectivity index (χ2v) is 11.3. The van der Waals surface area contributed by atoms with Gasteiger partial charge in [-0.05, 0) is 103 Å². The average molecular weight is 633 g/mol. The quantitative estimate of drug-likeness (QED) is 0.139. The first-order chi connectivity index (χ1) is 21.0. The standard InChI is InChI=1S/C35H28ClF7O/c1-2-3-4-20-5-7-21(8-6-20)22-9-12-27(29(37)15-22)24-17-32(40)34(33(41)18-24)35(42,43)44-25-11-13-26(30(38)19-25)23-10-14-28(36)31(39)16-23/h3-4,9-21H,2,5-8H2,1H3. The van der Waals surface area contributed by atoms with Gasteiger partial charge in [-0.15, -0.1) is 0 Å². The van der Waals surface area contributed by atoms with Crippen LogP contribution in [-0.4, -0.2) is 0 Å². The van der Waals surface area contributed by atoms with Crippen LogP contribution in [0.5, 0.6) is 5.75 Å². The van der Waals surface area contributed by atoms with Gasteiger partial charge < -0.3 is 4.74 Å². The van der Waals surface area contributed by atoms with E-state index in [1.54, 1.807) is 6.07 Å². The van der Waals surface area contributed by atoms with E-state index < -0.39 is 46.5 Å². The summed E-state index contributed by atoms with van der Waals surface area (Å²) in [4.78, 5) is 0. The lowest BCUT2D eigenvalue weighted by Crippen LogP contribution is -2.25. The predicted molar refractivity (Wildman–Crippen MR) is 157 cm³/mol. The fourth-order valence-corrected chi connectivity index (χ4v) is 5.77. The number of alkyl halides is 2. The second-order valence-electron chi connectivity index (χ2n) is 10.9. The molecule has 4 aromatic carbocycles. The molecular weight excluding hydrogens is 605 g/mol. The SMILES string of the molecule is CCC=CC1CCC(c2ccc(-c3cc(F)c(C(F)(F)Oc4ccc(-c5ccc(Cl)c(F)c5)c(F)c4)c(F)c3)c(F)c2)CC1. The molecule has 0 aromatic heterocycles. The summed E-state index contributed by atoms with van der Waals surface area (Å²) in [6, 6.07) is 11.7. The van der Waals surface area contributed by atoms with Crippen LogP contribution >= 0.6 is 11.6 Å². The zero-order chi connectivity index (χ0) is 31.6. The number of rotatable bonds is 8. The van der Waals surface area contributed by atoms with E-state index in [-0.39, 0.29) is 33.2 Å². The van der Waals surface area contributed by atoms with Crippen molar-refractivity contribution in [1.82, 2.24) is 0 Å². The minimum absolute atomic E-state index is 0.0860. The van der Waals surface area contributed by atoms with Crippen LogP contribution in [0.4, 0.5) is 30.7 Å². The molecule has 0 radical (unpaired) electrons. The third kappa shape index (κ3) is 6.80. The Morgan fingerprint density at radius 1 is 0.727 bits per heavy atom. The van der Waals surface area contributed by atoms with Crippen LogP contribution < -0.4 is 4.74 Å². The largest absolute Gasteiger partial charge is 0.432 e. The van der Waals surface area contributed by atoms with E-state index in [0.29, 0.717) is 24.1 Å². The Bertz CT molecular complexity index is 1670. The zero-order valence-electron chi connectivity index (χ0n) is 23.6. The van der Waals surface area contributed by atoms with E-state index in [9.17, 15) is 8.78 Å². The maximum Gasteiger partial charge on any atom is 0.432 e. The van der Waals surface area contributed by atoms with Gasteiger partial charge in [0.2, 0.25) is 0 Å². The molecule has 4 aromatic rings. The molecule has 0 spiro atoms. The van der Waals surface area contributed by atoms with E-state index in [4.69, 9.17) is 11.6 Å². The molecule has 1 aliphatic rings. The van der Waals surface area contributed by atoms with Gasteiger partial charge in [0.1, 0.15) is 40.4 Å². The summed E-state index contributed by atoms with van der Waals surface area (Å²) in [6.45, 7) is 2.08. The molecule has 1 fully saturated rings. The number of allylic oxidation sites excluding steroid dienone is 2. The minimum atomic E-state index is -4.55. The number of halogens is 8. The van der Waals surface area contributed by atoms with Gasteiger partial charge in [0.15, 0.2) is 0 Å². The third-order valence-corrected chi connectivity index (χ3v) is 8.25. The molecule has 44 heavy (non-hydrogen) atoms. The van der Waals surface area contributed by atoms with Crippen molar-refractivity contribution in [2.45, 2.75) is 51.1 Å². The molecular formula is C35H28ClF7O. The van der Waals surface area contributed by atoms with Crippen molar-refractivity contribution in [1.29, 1.82) is 0 Å². The molecule has 1 aliphatic carbocycles. The van der Waals surface area contributed by atoms with Crippen molar-refractivity contribution < 1.29 is 35.5 Å². The summed E-state index contributed by atoms with van der Waals surface area (Å²) in [6.07, 6.45) is 4.53. The summed E-state index contributed by atoms with van der Waals surface area (Å²) in [5.74, 6) is -5.98. The predicted octanol–water partition coefficient (Wildman–Crippen LogP) is 11.7. The van der Waals surface area contributed by atoms with E-state index in [1.807, 2.05) is 0 Å². The molecule has 0 heterocycles. The fourth-order valence-electron chi connectivity index (χ4n) is 5.66. The average Bonchev–Trinajstić information content (AvgIpc) is 2.97. The van der Waals surface area contributed by atoms with Gasteiger partial charge in [0, 0.05) is 17.2 Å². The van der Waals surface area contributed by atoms with Crippen molar-refractivity contribution >= 4 is 11.6 Å². The molecule has 0 N–H and O–H groups in total. The second kappa shape index (κ2) is 13.1. The first-order valence-corrected chi connectivity index (χ1v) is 14.6. The fraction of sp³-hybridized carbons (Fsp3) is 0.257. The van der Waals surface area contributed by atoms with Crippen molar-refractivity contribution in [3.8, 4) is 28.0 Å². The van der Waals surface area contributed by atoms with Crippen LogP contribution in [0.3, 0.4) is 0 Å². The highest BCUT2D eigenvalue weighted by atomic mass is 35.5. The Morgan fingerprint density at radius 3 is 1.95 bits per heavy atom. The molecule has 5 rings (SSSR count). The summed E-state index contributed by atoms with van der Waals surface area (Å²) >= 11 is 5.64. The lowest BCUT2D eigenvalue weighted by molar-refractivity contribution is -0.189. The highest BCUT2D eigenvalue weighted by Crippen LogP contribution is 2.40. The molecule has 230 valence electrons. The lowest BCUT2D eigenvalue weighted by Gasteiger charge is -2.27. The summed E-state index contributed by atoms with van der Waals surface area (Å²) in [5, 5.41) is -0.183. The lowest BCUT2D eigenvalue weighted by atomic mass is 9.78. The van der Waals surface area contributed by atoms with Crippen LogP contribution in [-0.2, 0) is 6.11 Å². The molecule has 0 atom stereocenters. The van der Waals surface area contributed by atoms with Gasteiger partial charge in [0.25, 0.3) is 0 Å². The van der Waals surface area contributed by atoms with Crippen LogP contribution in [0, 0.1) is 35.0 Å². The van der Waals surface area contributed by atoms with Gasteiger partial charge in [-0.3, -0.25) is 0 Å². The maximum absolute atomic E-state index is 15.2. The van der Waals surface area contributed by atoms with Crippen molar-refractivity contribution in [3.63, 3.8) is 0 Å². The van der Waals surface area contributed by atoms with E-state index in [2.05, 4.69) is 23.8 Å². The van der Waals surface area contributed by atoms with Crippen LogP contribution in [0.2, 0.25) is 5.02 Å². The van der Waals surface area contributed by atoms with Gasteiger partial charge in [-0.2, -0.15) is 8.78 Å². The van der Waals surface area contributed by atoms with Crippen LogP contribution in [0.1, 0.15) is 56.1 Å². The highest BCUT2D eigenvalue weighted by Gasteiger charge is 2.41. The Kier molecular flexibility index (Phi) is 9.39.